The molecule has 2 saturated heterocycles. The first-order chi connectivity index (χ1) is 26.7. The summed E-state index contributed by atoms with van der Waals surface area (Å²) < 4.78 is 91.3. The van der Waals surface area contributed by atoms with Crippen molar-refractivity contribution in [2.45, 2.75) is 44.6 Å². The number of alkyl halides is 6. The lowest BCUT2D eigenvalue weighted by atomic mass is 10.0. The van der Waals surface area contributed by atoms with Gasteiger partial charge in [0.1, 0.15) is 24.5 Å². The van der Waals surface area contributed by atoms with Gasteiger partial charge < -0.3 is 34.8 Å². The number of pyridine rings is 1. The lowest BCUT2D eigenvalue weighted by molar-refractivity contribution is -0.192. The fourth-order valence-electron chi connectivity index (χ4n) is 6.74. The molecule has 0 aliphatic carbocycles. The van der Waals surface area contributed by atoms with Crippen molar-refractivity contribution < 1.29 is 45.5 Å². The summed E-state index contributed by atoms with van der Waals surface area (Å²) in [6.07, 6.45) is -5.56. The second-order valence-corrected chi connectivity index (χ2v) is 18.1. The first-order valence-electron chi connectivity index (χ1n) is 18.1. The minimum atomic E-state index is -5.08. The Morgan fingerprint density at radius 1 is 0.965 bits per heavy atom. The first kappa shape index (κ1) is 43.9. The van der Waals surface area contributed by atoms with Crippen LogP contribution >= 0.6 is 23.1 Å². The molecule has 0 radical (unpaired) electrons. The molecule has 0 saturated carbocycles. The van der Waals surface area contributed by atoms with E-state index < -0.39 is 32.1 Å². The lowest BCUT2D eigenvalue weighted by Crippen LogP contribution is -2.52. The number of aromatic nitrogens is 3. The monoisotopic (exact) mass is 888 g/mol. The Labute approximate surface area is 334 Å². The van der Waals surface area contributed by atoms with Crippen molar-refractivity contribution in [2.24, 2.45) is 0 Å². The number of nitrogens with one attached hydrogen (secondary N) is 2. The Morgan fingerprint density at radius 3 is 2.21 bits per heavy atom. The molecule has 3 N–H and O–H groups in total. The number of benzene rings is 2. The fourth-order valence-corrected chi connectivity index (χ4v) is 8.53. The number of nitrogens with zero attached hydrogens (tertiary/aromatic N) is 6. The van der Waals surface area contributed by atoms with Crippen molar-refractivity contribution in [3.8, 4) is 5.88 Å². The van der Waals surface area contributed by atoms with Gasteiger partial charge >= 0.3 is 18.3 Å². The number of carbonyl (C=O) groups is 1. The zero-order valence-corrected chi connectivity index (χ0v) is 34.2. The van der Waals surface area contributed by atoms with Crippen LogP contribution in [0.4, 0.5) is 55.3 Å². The third kappa shape index (κ3) is 11.7. The number of piperazine rings is 1. The minimum absolute atomic E-state index is 0.121. The molecule has 0 bridgehead atoms. The van der Waals surface area contributed by atoms with Gasteiger partial charge in [-0.05, 0) is 84.0 Å². The van der Waals surface area contributed by atoms with Crippen molar-refractivity contribution in [3.05, 3.63) is 58.7 Å². The molecule has 0 unspecified atom stereocenters. The zero-order chi connectivity index (χ0) is 41.7. The number of carboxylic acids is 1. The second-order valence-electron chi connectivity index (χ2n) is 14.1. The summed E-state index contributed by atoms with van der Waals surface area (Å²) in [5.74, 6) is -1.79. The Morgan fingerprint density at radius 2 is 1.61 bits per heavy atom. The molecule has 2 aromatic carbocycles. The fraction of sp³-hybridized carbons (Fsp3) is 0.459. The van der Waals surface area contributed by atoms with Gasteiger partial charge in [-0.1, -0.05) is 37.3 Å². The van der Waals surface area contributed by atoms with Crippen LogP contribution < -0.4 is 25.6 Å². The number of carboxylic acid groups (broad SMARTS) is 1. The Bertz CT molecular complexity index is 2090. The van der Waals surface area contributed by atoms with Gasteiger partial charge in [0, 0.05) is 56.8 Å². The van der Waals surface area contributed by atoms with Gasteiger partial charge in [-0.2, -0.15) is 36.3 Å². The molecule has 6 rings (SSSR count). The summed E-state index contributed by atoms with van der Waals surface area (Å²) in [6, 6.07) is 13.8. The van der Waals surface area contributed by atoms with Crippen LogP contribution in [0.2, 0.25) is 0 Å². The maximum absolute atomic E-state index is 13.5. The molecule has 0 atom stereocenters. The SMILES string of the molecule is CCc1cc(Nc2ncc(Br)c(Nc3ccc4ccccc4c3P(C)(C)=O)n2)c(OCC(F)(F)F)nc1N1CCC(N2CCN(C)CC2)CC1.O=C(O)C(F)(F)F. The van der Waals surface area contributed by atoms with Crippen molar-refractivity contribution in [2.75, 3.05) is 81.8 Å². The Hall–Kier alpha value is -4.19. The summed E-state index contributed by atoms with van der Waals surface area (Å²) in [4.78, 5) is 29.7. The third-order valence-corrected chi connectivity index (χ3v) is 11.7. The van der Waals surface area contributed by atoms with Gasteiger partial charge in [0.05, 0.1) is 10.2 Å². The van der Waals surface area contributed by atoms with E-state index in [1.807, 2.05) is 43.3 Å². The average Bonchev–Trinajstić information content (AvgIpc) is 3.14. The molecule has 0 amide bonds. The topological polar surface area (TPSA) is 136 Å². The van der Waals surface area contributed by atoms with E-state index in [0.29, 0.717) is 39.6 Å². The van der Waals surface area contributed by atoms with Crippen molar-refractivity contribution in [1.29, 1.82) is 0 Å². The lowest BCUT2D eigenvalue weighted by Gasteiger charge is -2.42. The smallest absolute Gasteiger partial charge is 0.475 e. The summed E-state index contributed by atoms with van der Waals surface area (Å²) in [7, 11) is -0.603. The van der Waals surface area contributed by atoms with Gasteiger partial charge in [0.25, 0.3) is 0 Å². The summed E-state index contributed by atoms with van der Waals surface area (Å²) in [5, 5.41) is 16.0. The molecule has 4 aromatic rings. The highest BCUT2D eigenvalue weighted by atomic mass is 79.9. The van der Waals surface area contributed by atoms with E-state index in [2.05, 4.69) is 58.3 Å². The number of anilines is 5. The molecule has 310 valence electrons. The largest absolute Gasteiger partial charge is 0.490 e. The highest BCUT2D eigenvalue weighted by Gasteiger charge is 2.38. The van der Waals surface area contributed by atoms with Crippen LogP contribution in [-0.4, -0.2) is 120 Å². The van der Waals surface area contributed by atoms with Gasteiger partial charge in [0.2, 0.25) is 11.8 Å². The number of rotatable bonds is 10. The number of aryl methyl sites for hydroxylation is 1. The average molecular weight is 890 g/mol. The van der Waals surface area contributed by atoms with Crippen LogP contribution in [0.1, 0.15) is 25.3 Å². The molecule has 4 heterocycles. The Balaban J connectivity index is 0.000000811. The van der Waals surface area contributed by atoms with E-state index in [1.165, 1.54) is 0 Å². The molecule has 57 heavy (non-hydrogen) atoms. The summed E-state index contributed by atoms with van der Waals surface area (Å²) in [5.41, 5.74) is 1.74. The summed E-state index contributed by atoms with van der Waals surface area (Å²) in [6.45, 7) is 9.68. The highest BCUT2D eigenvalue weighted by molar-refractivity contribution is 9.10. The predicted octanol–water partition coefficient (Wildman–Crippen LogP) is 7.88. The third-order valence-electron chi connectivity index (χ3n) is 9.54. The van der Waals surface area contributed by atoms with Crippen molar-refractivity contribution in [1.82, 2.24) is 24.8 Å². The van der Waals surface area contributed by atoms with Crippen LogP contribution in [0.15, 0.2) is 53.1 Å². The number of halogens is 7. The number of piperidine rings is 1. The predicted molar refractivity (Wildman–Crippen MR) is 212 cm³/mol. The normalized spacial score (nSPS) is 16.2. The molecule has 2 aliphatic heterocycles. The van der Waals surface area contributed by atoms with Crippen LogP contribution in [-0.2, 0) is 15.8 Å². The molecule has 2 aromatic heterocycles. The second kappa shape index (κ2) is 18.2. The van der Waals surface area contributed by atoms with E-state index in [0.717, 1.165) is 68.4 Å². The maximum atomic E-state index is 13.5. The van der Waals surface area contributed by atoms with Crippen LogP contribution in [0.3, 0.4) is 0 Å². The van der Waals surface area contributed by atoms with Crippen LogP contribution in [0.5, 0.6) is 5.88 Å². The number of hydrogen-bond acceptors (Lipinski definition) is 11. The zero-order valence-electron chi connectivity index (χ0n) is 31.7. The number of hydrogen-bond donors (Lipinski definition) is 3. The van der Waals surface area contributed by atoms with Crippen molar-refractivity contribution >= 4 is 74.1 Å². The molecular weight excluding hydrogens is 845 g/mol. The molecule has 2 fully saturated rings. The molecular formula is C37H44BrF6N8O4P. The van der Waals surface area contributed by atoms with Gasteiger partial charge in [0.15, 0.2) is 6.61 Å². The van der Waals surface area contributed by atoms with E-state index in [4.69, 9.17) is 19.6 Å². The number of aliphatic carboxylic acids is 1. The van der Waals surface area contributed by atoms with E-state index in [9.17, 15) is 30.9 Å². The van der Waals surface area contributed by atoms with Crippen LogP contribution in [0.25, 0.3) is 10.8 Å². The van der Waals surface area contributed by atoms with E-state index in [-0.39, 0.29) is 17.5 Å². The van der Waals surface area contributed by atoms with Gasteiger partial charge in [-0.3, -0.25) is 4.90 Å². The first-order valence-corrected chi connectivity index (χ1v) is 21.5. The summed E-state index contributed by atoms with van der Waals surface area (Å²) >= 11 is 3.51. The molecule has 20 heteroatoms. The molecule has 12 nitrogen and oxygen atoms in total. The van der Waals surface area contributed by atoms with Crippen molar-refractivity contribution in [3.63, 3.8) is 0 Å². The van der Waals surface area contributed by atoms with E-state index in [1.54, 1.807) is 25.6 Å². The molecule has 0 spiro atoms. The molecule has 2 aliphatic rings. The quantitative estimate of drug-likeness (QED) is 0.106. The number of likely N-dealkylation sites (N-methyl/N-ethyl adjacent to an activating group) is 1. The van der Waals surface area contributed by atoms with Gasteiger partial charge in [-0.15, -0.1) is 0 Å². The Kier molecular flexibility index (Phi) is 14.0. The standard InChI is InChI=1S/C35H43BrF3N8O2P.C2HF3O2/c1-5-23-20-29(33(49-22-35(37,38)39)44-32(23)47-14-12-25(13-15-47)46-18-16-45(2)17-19-46)42-34-40-21-27(36)31(43-34)41-28-11-10-24-8-6-7-9-26(24)30(28)50(3,4)48;3-2(4,5)1(6)7/h6-11,20-21,25H,5,12-19,22H2,1-4H3,(H2,40,41,42,43);(H,6,7). The van der Waals surface area contributed by atoms with Crippen LogP contribution in [0, 0.1) is 0 Å². The number of ether oxygens (including phenoxy) is 1. The minimum Gasteiger partial charge on any atom is -0.475 e. The van der Waals surface area contributed by atoms with Gasteiger partial charge in [-0.25, -0.2) is 9.78 Å². The number of fused-ring (bicyclic) bond motifs is 1. The maximum Gasteiger partial charge on any atom is 0.490 e. The van der Waals surface area contributed by atoms with E-state index >= 15 is 0 Å². The highest BCUT2D eigenvalue weighted by Crippen LogP contribution is 2.42.